The van der Waals surface area contributed by atoms with Crippen LogP contribution in [0.3, 0.4) is 0 Å². The van der Waals surface area contributed by atoms with Crippen LogP contribution in [0.1, 0.15) is 10.6 Å². The van der Waals surface area contributed by atoms with Gasteiger partial charge in [0.2, 0.25) is 0 Å². The largest absolute Gasteiger partial charge is 0.298 e. The number of imidazole rings is 1. The first-order valence-corrected chi connectivity index (χ1v) is 7.30. The van der Waals surface area contributed by atoms with E-state index in [1.807, 2.05) is 54.7 Å². The van der Waals surface area contributed by atoms with Gasteiger partial charge in [0.1, 0.15) is 0 Å². The van der Waals surface area contributed by atoms with Gasteiger partial charge in [-0.1, -0.05) is 30.3 Å². The minimum absolute atomic E-state index is 0.395. The van der Waals surface area contributed by atoms with Gasteiger partial charge in [-0.2, -0.15) is 0 Å². The zero-order chi connectivity index (χ0) is 15.6. The highest BCUT2D eigenvalue weighted by molar-refractivity contribution is 5.94. The lowest BCUT2D eigenvalue weighted by Crippen LogP contribution is -1.98. The van der Waals surface area contributed by atoms with Gasteiger partial charge in [-0.15, -0.1) is 0 Å². The molecule has 0 N–H and O–H groups in total. The number of aromatic nitrogens is 3. The van der Waals surface area contributed by atoms with Gasteiger partial charge in [0.25, 0.3) is 0 Å². The highest BCUT2D eigenvalue weighted by atomic mass is 16.1. The smallest absolute Gasteiger partial charge is 0.185 e. The van der Waals surface area contributed by atoms with Crippen molar-refractivity contribution in [2.75, 3.05) is 0 Å². The lowest BCUT2D eigenvalue weighted by atomic mass is 10.0. The summed E-state index contributed by atoms with van der Waals surface area (Å²) in [5, 5.41) is 1.12. The quantitative estimate of drug-likeness (QED) is 0.539. The number of hydrogen-bond acceptors (Lipinski definition) is 3. The van der Waals surface area contributed by atoms with E-state index >= 15 is 0 Å². The number of pyridine rings is 1. The Morgan fingerprint density at radius 2 is 1.70 bits per heavy atom. The fourth-order valence-corrected chi connectivity index (χ4v) is 2.77. The molecule has 2 heterocycles. The topological polar surface area (TPSA) is 47.8 Å². The Hall–Kier alpha value is -3.27. The number of carbonyl (C=O) groups excluding carboxylic acids is 1. The Labute approximate surface area is 133 Å². The summed E-state index contributed by atoms with van der Waals surface area (Å²) in [7, 11) is 0. The van der Waals surface area contributed by atoms with Crippen LogP contribution in [-0.2, 0) is 0 Å². The highest BCUT2D eigenvalue weighted by Gasteiger charge is 2.06. The zero-order valence-corrected chi connectivity index (χ0v) is 12.3. The maximum Gasteiger partial charge on any atom is 0.185 e. The molecule has 4 nitrogen and oxygen atoms in total. The monoisotopic (exact) mass is 299 g/mol. The lowest BCUT2D eigenvalue weighted by molar-refractivity contribution is 0.111. The van der Waals surface area contributed by atoms with E-state index in [1.165, 1.54) is 0 Å². The van der Waals surface area contributed by atoms with Crippen LogP contribution >= 0.6 is 0 Å². The number of para-hydroxylation sites is 1. The molecule has 0 saturated carbocycles. The number of rotatable bonds is 3. The summed E-state index contributed by atoms with van der Waals surface area (Å²) in [6, 6.07) is 18.2. The summed E-state index contributed by atoms with van der Waals surface area (Å²) in [4.78, 5) is 19.4. The number of benzene rings is 2. The third-order valence-electron chi connectivity index (χ3n) is 3.88. The molecule has 2 aromatic carbocycles. The number of fused-ring (bicyclic) bond motifs is 1. The molecular weight excluding hydrogens is 286 g/mol. The number of nitrogens with zero attached hydrogens (tertiary/aromatic N) is 3. The Bertz CT molecular complexity index is 982. The van der Waals surface area contributed by atoms with E-state index in [0.29, 0.717) is 5.82 Å². The normalized spacial score (nSPS) is 10.8. The van der Waals surface area contributed by atoms with Gasteiger partial charge in [-0.25, -0.2) is 4.98 Å². The van der Waals surface area contributed by atoms with E-state index in [-0.39, 0.29) is 0 Å². The van der Waals surface area contributed by atoms with Crippen LogP contribution in [0.15, 0.2) is 73.2 Å². The summed E-state index contributed by atoms with van der Waals surface area (Å²) in [5.41, 5.74) is 4.14. The summed E-state index contributed by atoms with van der Waals surface area (Å²) in [6.07, 6.45) is 5.98. The fraction of sp³-hybridized carbons (Fsp3) is 0. The molecule has 4 rings (SSSR count). The van der Waals surface area contributed by atoms with Crippen molar-refractivity contribution in [1.82, 2.24) is 14.5 Å². The molecule has 0 radical (unpaired) electrons. The summed E-state index contributed by atoms with van der Waals surface area (Å²) in [6.45, 7) is 0. The van der Waals surface area contributed by atoms with Crippen LogP contribution in [0, 0.1) is 0 Å². The third-order valence-corrected chi connectivity index (χ3v) is 3.88. The average Bonchev–Trinajstić information content (AvgIpc) is 3.10. The molecule has 0 aliphatic rings. The molecule has 0 atom stereocenters. The van der Waals surface area contributed by atoms with Crippen LogP contribution in [-0.4, -0.2) is 20.8 Å². The predicted octanol–water partition coefficient (Wildman–Crippen LogP) is 3.90. The maximum atomic E-state index is 11.0. The van der Waals surface area contributed by atoms with Gasteiger partial charge in [0.15, 0.2) is 12.1 Å². The molecule has 0 fully saturated rings. The van der Waals surface area contributed by atoms with Crippen molar-refractivity contribution < 1.29 is 4.79 Å². The van der Waals surface area contributed by atoms with E-state index in [0.717, 1.165) is 34.0 Å². The first kappa shape index (κ1) is 13.4. The lowest BCUT2D eigenvalue weighted by Gasteiger charge is -2.08. The van der Waals surface area contributed by atoms with Crippen molar-refractivity contribution in [1.29, 1.82) is 0 Å². The molecule has 4 aromatic rings. The average molecular weight is 299 g/mol. The van der Waals surface area contributed by atoms with Gasteiger partial charge in [-0.3, -0.25) is 14.3 Å². The fourth-order valence-electron chi connectivity index (χ4n) is 2.77. The molecule has 0 amide bonds. The molecule has 0 bridgehead atoms. The number of aldehydes is 1. The van der Waals surface area contributed by atoms with Crippen LogP contribution in [0.25, 0.3) is 27.7 Å². The number of carbonyl (C=O) groups is 1. The Balaban J connectivity index is 1.80. The van der Waals surface area contributed by atoms with Gasteiger partial charge < -0.3 is 0 Å². The van der Waals surface area contributed by atoms with Gasteiger partial charge in [0.05, 0.1) is 5.52 Å². The van der Waals surface area contributed by atoms with Crippen molar-refractivity contribution in [3.63, 3.8) is 0 Å². The van der Waals surface area contributed by atoms with E-state index < -0.39 is 0 Å². The molecule has 0 aliphatic carbocycles. The minimum atomic E-state index is 0.395. The van der Waals surface area contributed by atoms with E-state index in [1.54, 1.807) is 17.0 Å². The number of hydrogen-bond donors (Lipinski definition) is 0. The molecule has 23 heavy (non-hydrogen) atoms. The first-order valence-electron chi connectivity index (χ1n) is 7.30. The maximum absolute atomic E-state index is 11.0. The highest BCUT2D eigenvalue weighted by Crippen LogP contribution is 2.28. The van der Waals surface area contributed by atoms with Crippen LogP contribution in [0.4, 0.5) is 0 Å². The molecule has 0 unspecified atom stereocenters. The first-order chi connectivity index (χ1) is 11.4. The summed E-state index contributed by atoms with van der Waals surface area (Å²) in [5.74, 6) is 0.395. The van der Waals surface area contributed by atoms with Crippen molar-refractivity contribution in [3.05, 3.63) is 79.0 Å². The van der Waals surface area contributed by atoms with Crippen LogP contribution < -0.4 is 0 Å². The second-order valence-corrected chi connectivity index (χ2v) is 5.20. The van der Waals surface area contributed by atoms with Gasteiger partial charge in [-0.05, 0) is 35.4 Å². The molecule has 0 aliphatic heterocycles. The molecule has 2 aromatic heterocycles. The molecule has 0 saturated heterocycles. The SMILES string of the molecule is O=Cc1nccn1-c1ccc(-c2ccnc3ccccc23)cc1. The van der Waals surface area contributed by atoms with Crippen molar-refractivity contribution in [2.45, 2.75) is 0 Å². The standard InChI is InChI=1S/C19H13N3O/c23-13-19-21-11-12-22(19)15-7-5-14(6-8-15)16-9-10-20-18-4-2-1-3-17(16)18/h1-13H. The second kappa shape index (κ2) is 5.50. The molecule has 4 heteroatoms. The zero-order valence-electron chi connectivity index (χ0n) is 12.3. The Kier molecular flexibility index (Phi) is 3.20. The van der Waals surface area contributed by atoms with Crippen molar-refractivity contribution in [3.8, 4) is 16.8 Å². The Morgan fingerprint density at radius 3 is 2.52 bits per heavy atom. The predicted molar refractivity (Wildman–Crippen MR) is 89.7 cm³/mol. The van der Waals surface area contributed by atoms with Gasteiger partial charge in [0, 0.05) is 29.7 Å². The minimum Gasteiger partial charge on any atom is -0.298 e. The van der Waals surface area contributed by atoms with E-state index in [2.05, 4.69) is 16.0 Å². The van der Waals surface area contributed by atoms with E-state index in [4.69, 9.17) is 0 Å². The molecule has 0 spiro atoms. The Morgan fingerprint density at radius 1 is 0.870 bits per heavy atom. The van der Waals surface area contributed by atoms with Crippen molar-refractivity contribution in [2.24, 2.45) is 0 Å². The molecular formula is C19H13N3O. The molecule has 110 valence electrons. The summed E-state index contributed by atoms with van der Waals surface area (Å²) >= 11 is 0. The third kappa shape index (κ3) is 2.30. The van der Waals surface area contributed by atoms with E-state index in [9.17, 15) is 4.79 Å². The van der Waals surface area contributed by atoms with Crippen molar-refractivity contribution >= 4 is 17.2 Å². The van der Waals surface area contributed by atoms with Crippen LogP contribution in [0.5, 0.6) is 0 Å². The second-order valence-electron chi connectivity index (χ2n) is 5.20. The van der Waals surface area contributed by atoms with Gasteiger partial charge >= 0.3 is 0 Å². The summed E-state index contributed by atoms with van der Waals surface area (Å²) < 4.78 is 1.77. The van der Waals surface area contributed by atoms with Crippen LogP contribution in [0.2, 0.25) is 0 Å².